The van der Waals surface area contributed by atoms with Crippen LogP contribution in [0.2, 0.25) is 0 Å². The lowest BCUT2D eigenvalue weighted by atomic mass is 9.90. The number of hydrogen-bond donors (Lipinski definition) is 1. The van der Waals surface area contributed by atoms with Gasteiger partial charge in [0, 0.05) is 19.0 Å². The fourth-order valence-corrected chi connectivity index (χ4v) is 3.02. The Morgan fingerprint density at radius 2 is 1.74 bits per heavy atom. The van der Waals surface area contributed by atoms with Crippen molar-refractivity contribution in [3.8, 4) is 0 Å². The molecule has 0 radical (unpaired) electrons. The van der Waals surface area contributed by atoms with Gasteiger partial charge in [-0.05, 0) is 37.7 Å². The van der Waals surface area contributed by atoms with Crippen LogP contribution in [0.25, 0.3) is 0 Å². The van der Waals surface area contributed by atoms with Gasteiger partial charge in [0.05, 0.1) is 0 Å². The summed E-state index contributed by atoms with van der Waals surface area (Å²) in [6.07, 6.45) is 3.15. The largest absolute Gasteiger partial charge is 0.344 e. The Hall–Kier alpha value is -1.84. The minimum atomic E-state index is -0.435. The minimum absolute atomic E-state index is 0.0390. The highest BCUT2D eigenvalue weighted by Crippen LogP contribution is 2.22. The van der Waals surface area contributed by atoms with Crippen LogP contribution < -0.4 is 5.32 Å². The molecule has 0 bridgehead atoms. The summed E-state index contributed by atoms with van der Waals surface area (Å²) >= 11 is 0. The van der Waals surface area contributed by atoms with E-state index in [0.717, 1.165) is 32.4 Å². The monoisotopic (exact) mass is 316 g/mol. The van der Waals surface area contributed by atoms with Gasteiger partial charge < -0.3 is 10.2 Å². The number of benzene rings is 1. The van der Waals surface area contributed by atoms with Crippen molar-refractivity contribution in [3.63, 3.8) is 0 Å². The Morgan fingerprint density at radius 3 is 2.30 bits per heavy atom. The van der Waals surface area contributed by atoms with Crippen LogP contribution in [0.5, 0.6) is 0 Å². The first kappa shape index (κ1) is 17.5. The highest BCUT2D eigenvalue weighted by molar-refractivity contribution is 5.88. The number of likely N-dealkylation sites (tertiary alicyclic amines) is 1. The molecule has 4 heteroatoms. The molecule has 23 heavy (non-hydrogen) atoms. The summed E-state index contributed by atoms with van der Waals surface area (Å²) in [6, 6.07) is 10.1. The van der Waals surface area contributed by atoms with Crippen LogP contribution in [0.15, 0.2) is 30.3 Å². The summed E-state index contributed by atoms with van der Waals surface area (Å²) in [7, 11) is 0. The van der Waals surface area contributed by atoms with Crippen molar-refractivity contribution in [2.24, 2.45) is 11.8 Å². The van der Waals surface area contributed by atoms with E-state index in [-0.39, 0.29) is 17.7 Å². The Morgan fingerprint density at radius 1 is 1.13 bits per heavy atom. The van der Waals surface area contributed by atoms with Gasteiger partial charge in [-0.25, -0.2) is 0 Å². The zero-order valence-corrected chi connectivity index (χ0v) is 14.4. The lowest BCUT2D eigenvalue weighted by Gasteiger charge is -2.34. The fourth-order valence-electron chi connectivity index (χ4n) is 3.02. The molecule has 0 unspecified atom stereocenters. The minimum Gasteiger partial charge on any atom is -0.344 e. The summed E-state index contributed by atoms with van der Waals surface area (Å²) < 4.78 is 0. The standard InChI is InChI=1S/C19H28N2O2/c1-14(2)18(22)20-15(3)19(23)21-11-9-17(10-12-21)13-16-7-5-4-6-8-16/h4-8,14-15,17H,9-13H2,1-3H3,(H,20,22)/t15-/m0/s1. The maximum Gasteiger partial charge on any atom is 0.244 e. The van der Waals surface area contributed by atoms with Crippen molar-refractivity contribution >= 4 is 11.8 Å². The van der Waals surface area contributed by atoms with Gasteiger partial charge in [0.25, 0.3) is 0 Å². The molecular weight excluding hydrogens is 288 g/mol. The molecule has 2 rings (SSSR count). The maximum absolute atomic E-state index is 12.4. The number of rotatable bonds is 5. The molecule has 126 valence electrons. The van der Waals surface area contributed by atoms with Gasteiger partial charge in [-0.2, -0.15) is 0 Å². The van der Waals surface area contributed by atoms with Crippen molar-refractivity contribution in [3.05, 3.63) is 35.9 Å². The molecule has 1 atom stereocenters. The lowest BCUT2D eigenvalue weighted by Crippen LogP contribution is -2.50. The van der Waals surface area contributed by atoms with Crippen molar-refractivity contribution in [1.82, 2.24) is 10.2 Å². The van der Waals surface area contributed by atoms with Gasteiger partial charge in [-0.3, -0.25) is 9.59 Å². The maximum atomic E-state index is 12.4. The molecule has 1 N–H and O–H groups in total. The molecule has 0 aliphatic carbocycles. The van der Waals surface area contributed by atoms with Gasteiger partial charge in [-0.15, -0.1) is 0 Å². The van der Waals surface area contributed by atoms with E-state index in [9.17, 15) is 9.59 Å². The third-order valence-corrected chi connectivity index (χ3v) is 4.55. The average Bonchev–Trinajstić information content (AvgIpc) is 2.55. The van der Waals surface area contributed by atoms with Gasteiger partial charge >= 0.3 is 0 Å². The van der Waals surface area contributed by atoms with Crippen LogP contribution in [0.1, 0.15) is 39.2 Å². The molecule has 1 fully saturated rings. The molecular formula is C19H28N2O2. The quantitative estimate of drug-likeness (QED) is 0.908. The summed E-state index contributed by atoms with van der Waals surface area (Å²) in [4.78, 5) is 26.0. The molecule has 2 amide bonds. The first-order valence-corrected chi connectivity index (χ1v) is 8.60. The van der Waals surface area contributed by atoms with E-state index in [0.29, 0.717) is 5.92 Å². The topological polar surface area (TPSA) is 49.4 Å². The normalized spacial score (nSPS) is 17.1. The number of carbonyl (C=O) groups excluding carboxylic acids is 2. The molecule has 1 aliphatic rings. The Bertz CT molecular complexity index is 519. The predicted octanol–water partition coefficient (Wildman–Crippen LogP) is 2.63. The van der Waals surface area contributed by atoms with Crippen LogP contribution in [0.3, 0.4) is 0 Å². The van der Waals surface area contributed by atoms with E-state index in [2.05, 4.69) is 29.6 Å². The Kier molecular flexibility index (Phi) is 6.20. The van der Waals surface area contributed by atoms with Crippen LogP contribution in [-0.4, -0.2) is 35.8 Å². The summed E-state index contributed by atoms with van der Waals surface area (Å²) in [6.45, 7) is 7.03. The average molecular weight is 316 g/mol. The van der Waals surface area contributed by atoms with E-state index in [1.54, 1.807) is 6.92 Å². The molecule has 1 heterocycles. The van der Waals surface area contributed by atoms with Crippen molar-refractivity contribution in [2.45, 2.75) is 46.1 Å². The highest BCUT2D eigenvalue weighted by atomic mass is 16.2. The van der Waals surface area contributed by atoms with Crippen LogP contribution in [0.4, 0.5) is 0 Å². The van der Waals surface area contributed by atoms with Gasteiger partial charge in [0.1, 0.15) is 6.04 Å². The zero-order chi connectivity index (χ0) is 16.8. The van der Waals surface area contributed by atoms with Gasteiger partial charge in [0.2, 0.25) is 11.8 Å². The van der Waals surface area contributed by atoms with E-state index in [4.69, 9.17) is 0 Å². The second kappa shape index (κ2) is 8.14. The molecule has 0 saturated carbocycles. The number of carbonyl (C=O) groups is 2. The van der Waals surface area contributed by atoms with Gasteiger partial charge in [0.15, 0.2) is 0 Å². The third kappa shape index (κ3) is 5.08. The first-order valence-electron chi connectivity index (χ1n) is 8.60. The summed E-state index contributed by atoms with van der Waals surface area (Å²) in [5.74, 6) is 0.519. The van der Waals surface area contributed by atoms with Gasteiger partial charge in [-0.1, -0.05) is 44.2 Å². The number of nitrogens with one attached hydrogen (secondary N) is 1. The van der Waals surface area contributed by atoms with Crippen LogP contribution in [-0.2, 0) is 16.0 Å². The van der Waals surface area contributed by atoms with E-state index >= 15 is 0 Å². The van der Waals surface area contributed by atoms with E-state index < -0.39 is 6.04 Å². The van der Waals surface area contributed by atoms with Crippen molar-refractivity contribution in [1.29, 1.82) is 0 Å². The Balaban J connectivity index is 1.79. The van der Waals surface area contributed by atoms with Crippen LogP contribution >= 0.6 is 0 Å². The number of nitrogens with zero attached hydrogens (tertiary/aromatic N) is 1. The zero-order valence-electron chi connectivity index (χ0n) is 14.4. The number of piperidine rings is 1. The molecule has 0 spiro atoms. The smallest absolute Gasteiger partial charge is 0.244 e. The fraction of sp³-hybridized carbons (Fsp3) is 0.579. The van der Waals surface area contributed by atoms with Crippen molar-refractivity contribution in [2.75, 3.05) is 13.1 Å². The number of amides is 2. The molecule has 4 nitrogen and oxygen atoms in total. The van der Waals surface area contributed by atoms with E-state index in [1.807, 2.05) is 24.8 Å². The second-order valence-electron chi connectivity index (χ2n) is 6.84. The highest BCUT2D eigenvalue weighted by Gasteiger charge is 2.27. The first-order chi connectivity index (χ1) is 11.0. The van der Waals surface area contributed by atoms with Crippen LogP contribution in [0, 0.1) is 11.8 Å². The predicted molar refractivity (Wildman–Crippen MR) is 91.9 cm³/mol. The molecule has 1 saturated heterocycles. The molecule has 1 aromatic carbocycles. The van der Waals surface area contributed by atoms with Crippen molar-refractivity contribution < 1.29 is 9.59 Å². The second-order valence-corrected chi connectivity index (χ2v) is 6.84. The summed E-state index contributed by atoms with van der Waals surface area (Å²) in [5, 5.41) is 2.80. The molecule has 1 aliphatic heterocycles. The molecule has 1 aromatic rings. The molecule has 0 aromatic heterocycles. The lowest BCUT2D eigenvalue weighted by molar-refractivity contribution is -0.137. The third-order valence-electron chi connectivity index (χ3n) is 4.55. The SMILES string of the molecule is CC(C)C(=O)N[C@@H](C)C(=O)N1CCC(Cc2ccccc2)CC1. The number of hydrogen-bond acceptors (Lipinski definition) is 2. The van der Waals surface area contributed by atoms with E-state index in [1.165, 1.54) is 5.56 Å². The summed E-state index contributed by atoms with van der Waals surface area (Å²) in [5.41, 5.74) is 1.37. The Labute approximate surface area is 139 Å².